The molecule has 0 aliphatic rings. The average molecular weight is 295 g/mol. The van der Waals surface area contributed by atoms with Gasteiger partial charge in [-0.1, -0.05) is 19.0 Å². The van der Waals surface area contributed by atoms with Gasteiger partial charge in [-0.05, 0) is 26.7 Å². The fourth-order valence-corrected chi connectivity index (χ4v) is 2.56. The molecule has 0 spiro atoms. The molecule has 1 rings (SSSR count). The Morgan fingerprint density at radius 3 is 2.65 bits per heavy atom. The van der Waals surface area contributed by atoms with Crippen LogP contribution in [-0.4, -0.2) is 22.4 Å². The summed E-state index contributed by atoms with van der Waals surface area (Å²) in [6, 6.07) is 2.16. The molecular formula is C14H21N3O2S. The first-order valence-electron chi connectivity index (χ1n) is 6.52. The molecule has 1 N–H and O–H groups in total. The van der Waals surface area contributed by atoms with Gasteiger partial charge in [0.25, 0.3) is 0 Å². The molecule has 1 amide bonds. The van der Waals surface area contributed by atoms with Gasteiger partial charge < -0.3 is 9.84 Å². The van der Waals surface area contributed by atoms with Gasteiger partial charge in [-0.2, -0.15) is 5.26 Å². The number of carbonyl (C=O) groups is 1. The Kier molecular flexibility index (Phi) is 5.63. The Labute approximate surface area is 124 Å². The summed E-state index contributed by atoms with van der Waals surface area (Å²) < 4.78 is 5.08. The van der Waals surface area contributed by atoms with Crippen LogP contribution in [0.5, 0.6) is 0 Å². The van der Waals surface area contributed by atoms with Crippen molar-refractivity contribution in [2.45, 2.75) is 45.9 Å². The third-order valence-corrected chi connectivity index (χ3v) is 4.41. The first kappa shape index (κ1) is 16.6. The van der Waals surface area contributed by atoms with Crippen LogP contribution in [0.4, 0.5) is 0 Å². The summed E-state index contributed by atoms with van der Waals surface area (Å²) in [5.41, 5.74) is 1.08. The number of aryl methyl sites for hydroxylation is 2. The molecule has 6 heteroatoms. The van der Waals surface area contributed by atoms with E-state index in [0.717, 1.165) is 17.0 Å². The number of rotatable bonds is 6. The van der Waals surface area contributed by atoms with Crippen LogP contribution >= 0.6 is 11.8 Å². The van der Waals surface area contributed by atoms with Crippen LogP contribution in [-0.2, 0) is 10.5 Å². The second kappa shape index (κ2) is 6.80. The largest absolute Gasteiger partial charge is 0.361 e. The Morgan fingerprint density at radius 2 is 2.20 bits per heavy atom. The number of aromatic nitrogens is 1. The van der Waals surface area contributed by atoms with Crippen molar-refractivity contribution in [3.05, 3.63) is 17.0 Å². The topological polar surface area (TPSA) is 78.9 Å². The average Bonchev–Trinajstić information content (AvgIpc) is 2.69. The molecule has 0 fully saturated rings. The molecule has 1 atom stereocenters. The van der Waals surface area contributed by atoms with Crippen molar-refractivity contribution in [2.75, 3.05) is 5.75 Å². The fourth-order valence-electron chi connectivity index (χ4n) is 1.58. The highest BCUT2D eigenvalue weighted by Gasteiger charge is 2.29. The predicted octanol–water partition coefficient (Wildman–Crippen LogP) is 2.58. The van der Waals surface area contributed by atoms with Gasteiger partial charge in [-0.15, -0.1) is 11.8 Å². The van der Waals surface area contributed by atoms with E-state index in [1.54, 1.807) is 6.92 Å². The van der Waals surface area contributed by atoms with Crippen molar-refractivity contribution in [3.63, 3.8) is 0 Å². The number of hydrogen-bond donors (Lipinski definition) is 1. The summed E-state index contributed by atoms with van der Waals surface area (Å²) in [7, 11) is 0. The van der Waals surface area contributed by atoms with Crippen molar-refractivity contribution in [1.29, 1.82) is 5.26 Å². The monoisotopic (exact) mass is 295 g/mol. The maximum atomic E-state index is 11.9. The quantitative estimate of drug-likeness (QED) is 0.872. The molecule has 0 saturated carbocycles. The molecule has 0 saturated heterocycles. The lowest BCUT2D eigenvalue weighted by Gasteiger charge is -2.27. The first-order valence-corrected chi connectivity index (χ1v) is 7.67. The van der Waals surface area contributed by atoms with Crippen molar-refractivity contribution in [3.8, 4) is 6.07 Å². The van der Waals surface area contributed by atoms with E-state index in [1.165, 1.54) is 11.8 Å². The van der Waals surface area contributed by atoms with E-state index in [0.29, 0.717) is 11.5 Å². The lowest BCUT2D eigenvalue weighted by molar-refractivity contribution is -0.120. The van der Waals surface area contributed by atoms with Crippen molar-refractivity contribution in [2.24, 2.45) is 5.92 Å². The lowest BCUT2D eigenvalue weighted by Crippen LogP contribution is -2.49. The SMILES string of the molecule is Cc1noc(C)c1CSCC(=O)NC(C)(C#N)C(C)C. The normalized spacial score (nSPS) is 13.8. The highest BCUT2D eigenvalue weighted by molar-refractivity contribution is 7.99. The van der Waals surface area contributed by atoms with Crippen LogP contribution in [0.2, 0.25) is 0 Å². The van der Waals surface area contributed by atoms with Gasteiger partial charge in [-0.25, -0.2) is 0 Å². The third kappa shape index (κ3) is 4.01. The molecule has 0 aromatic carbocycles. The second-order valence-corrected chi connectivity index (χ2v) is 6.30. The van der Waals surface area contributed by atoms with Crippen LogP contribution in [0.25, 0.3) is 0 Å². The zero-order valence-electron chi connectivity index (χ0n) is 12.6. The molecular weight excluding hydrogens is 274 g/mol. The molecule has 1 aromatic heterocycles. The number of thioether (sulfide) groups is 1. The number of amides is 1. The third-order valence-electron chi connectivity index (χ3n) is 3.45. The molecule has 5 nitrogen and oxygen atoms in total. The molecule has 1 aromatic rings. The number of nitrogens with one attached hydrogen (secondary N) is 1. The summed E-state index contributed by atoms with van der Waals surface area (Å²) in [6.45, 7) is 9.33. The highest BCUT2D eigenvalue weighted by Crippen LogP contribution is 2.20. The summed E-state index contributed by atoms with van der Waals surface area (Å²) in [4.78, 5) is 11.9. The molecule has 0 bridgehead atoms. The van der Waals surface area contributed by atoms with Gasteiger partial charge in [-0.3, -0.25) is 4.79 Å². The van der Waals surface area contributed by atoms with E-state index in [-0.39, 0.29) is 11.8 Å². The molecule has 1 heterocycles. The van der Waals surface area contributed by atoms with E-state index in [1.807, 2.05) is 27.7 Å². The van der Waals surface area contributed by atoms with E-state index in [9.17, 15) is 4.79 Å². The fraction of sp³-hybridized carbons (Fsp3) is 0.643. The van der Waals surface area contributed by atoms with Crippen LogP contribution in [0.3, 0.4) is 0 Å². The van der Waals surface area contributed by atoms with Crippen molar-refractivity contribution >= 4 is 17.7 Å². The first-order chi connectivity index (χ1) is 9.30. The van der Waals surface area contributed by atoms with Crippen LogP contribution in [0, 0.1) is 31.1 Å². The van der Waals surface area contributed by atoms with E-state index >= 15 is 0 Å². The van der Waals surface area contributed by atoms with Gasteiger partial charge in [0.2, 0.25) is 5.91 Å². The molecule has 0 aliphatic carbocycles. The summed E-state index contributed by atoms with van der Waals surface area (Å²) in [5.74, 6) is 1.72. The van der Waals surface area contributed by atoms with Gasteiger partial charge in [0.15, 0.2) is 0 Å². The minimum atomic E-state index is -0.819. The van der Waals surface area contributed by atoms with Crippen LogP contribution in [0.1, 0.15) is 37.8 Å². The van der Waals surface area contributed by atoms with Gasteiger partial charge in [0.05, 0.1) is 17.5 Å². The maximum Gasteiger partial charge on any atom is 0.231 e. The Morgan fingerprint density at radius 1 is 1.55 bits per heavy atom. The number of carbonyl (C=O) groups excluding carboxylic acids is 1. The second-order valence-electron chi connectivity index (χ2n) is 5.31. The molecule has 20 heavy (non-hydrogen) atoms. The highest BCUT2D eigenvalue weighted by atomic mass is 32.2. The minimum Gasteiger partial charge on any atom is -0.361 e. The van der Waals surface area contributed by atoms with Gasteiger partial charge >= 0.3 is 0 Å². The van der Waals surface area contributed by atoms with Gasteiger partial charge in [0, 0.05) is 11.3 Å². The van der Waals surface area contributed by atoms with E-state index in [4.69, 9.17) is 9.78 Å². The Bertz CT molecular complexity index is 499. The number of nitriles is 1. The van der Waals surface area contributed by atoms with Crippen LogP contribution in [0.15, 0.2) is 4.52 Å². The van der Waals surface area contributed by atoms with Gasteiger partial charge in [0.1, 0.15) is 11.3 Å². The zero-order chi connectivity index (χ0) is 15.3. The molecule has 110 valence electrons. The van der Waals surface area contributed by atoms with Crippen molar-refractivity contribution in [1.82, 2.24) is 10.5 Å². The smallest absolute Gasteiger partial charge is 0.231 e. The van der Waals surface area contributed by atoms with Crippen molar-refractivity contribution < 1.29 is 9.32 Å². The van der Waals surface area contributed by atoms with E-state index < -0.39 is 5.54 Å². The summed E-state index contributed by atoms with van der Waals surface area (Å²) in [5, 5.41) is 15.8. The summed E-state index contributed by atoms with van der Waals surface area (Å²) >= 11 is 1.49. The molecule has 0 radical (unpaired) electrons. The molecule has 1 unspecified atom stereocenters. The summed E-state index contributed by atoms with van der Waals surface area (Å²) in [6.07, 6.45) is 0. The minimum absolute atomic E-state index is 0.0593. The maximum absolute atomic E-state index is 11.9. The Hall–Kier alpha value is -1.48. The molecule has 0 aliphatic heterocycles. The number of nitrogens with zero attached hydrogens (tertiary/aromatic N) is 2. The predicted molar refractivity (Wildman–Crippen MR) is 79.1 cm³/mol. The Balaban J connectivity index is 2.47. The lowest BCUT2D eigenvalue weighted by atomic mass is 9.90. The zero-order valence-corrected chi connectivity index (χ0v) is 13.4. The number of hydrogen-bond acceptors (Lipinski definition) is 5. The standard InChI is InChI=1S/C14H21N3O2S/c1-9(2)14(5,8-15)16-13(18)7-20-6-12-10(3)17-19-11(12)4/h9H,6-7H2,1-5H3,(H,16,18). The van der Waals surface area contributed by atoms with E-state index in [2.05, 4.69) is 16.5 Å². The van der Waals surface area contributed by atoms with Crippen LogP contribution < -0.4 is 5.32 Å².